The molecule has 0 fully saturated rings. The lowest BCUT2D eigenvalue weighted by molar-refractivity contribution is -0.150. The molecule has 0 aromatic rings. The molecule has 5 nitrogen and oxygen atoms in total. The van der Waals surface area contributed by atoms with Crippen LogP contribution < -0.4 is 0 Å². The Balaban J connectivity index is 3.40. The van der Waals surface area contributed by atoms with Gasteiger partial charge in [0.05, 0.1) is 26.1 Å². The zero-order chi connectivity index (χ0) is 11.5. The Morgan fingerprint density at radius 2 is 1.60 bits per heavy atom. The van der Waals surface area contributed by atoms with Crippen LogP contribution in [0.25, 0.3) is 0 Å². The largest absolute Gasteiger partial charge is 0.466 e. The van der Waals surface area contributed by atoms with E-state index in [0.29, 0.717) is 6.61 Å². The van der Waals surface area contributed by atoms with Gasteiger partial charge < -0.3 is 14.6 Å². The summed E-state index contributed by atoms with van der Waals surface area (Å²) in [5.41, 5.74) is 0. The van der Waals surface area contributed by atoms with E-state index in [4.69, 9.17) is 9.84 Å². The van der Waals surface area contributed by atoms with Crippen LogP contribution in [0.2, 0.25) is 0 Å². The van der Waals surface area contributed by atoms with Crippen molar-refractivity contribution in [2.24, 2.45) is 0 Å². The summed E-state index contributed by atoms with van der Waals surface area (Å²) in [4.78, 5) is 21.9. The van der Waals surface area contributed by atoms with Gasteiger partial charge in [-0.15, -0.1) is 0 Å². The normalized spacial score (nSPS) is 9.73. The fourth-order valence-electron chi connectivity index (χ4n) is 0.838. The molecule has 0 rings (SSSR count). The fourth-order valence-corrected chi connectivity index (χ4v) is 0.838. The molecule has 88 valence electrons. The first-order valence-corrected chi connectivity index (χ1v) is 5.12. The van der Waals surface area contributed by atoms with E-state index in [1.807, 2.05) is 6.92 Å². The maximum atomic E-state index is 11.0. The number of unbranched alkanes of at least 4 members (excludes halogenated alkanes) is 1. The molecule has 0 radical (unpaired) electrons. The van der Waals surface area contributed by atoms with E-state index in [0.717, 1.165) is 12.8 Å². The van der Waals surface area contributed by atoms with Crippen molar-refractivity contribution in [3.05, 3.63) is 0 Å². The van der Waals surface area contributed by atoms with E-state index in [1.165, 1.54) is 0 Å². The molecule has 1 N–H and O–H groups in total. The Kier molecular flexibility index (Phi) is 8.76. The predicted octanol–water partition coefficient (Wildman–Crippen LogP) is 0.645. The minimum absolute atomic E-state index is 0.00492. The molecular formula is C10H18O5. The van der Waals surface area contributed by atoms with Crippen molar-refractivity contribution in [3.63, 3.8) is 0 Å². The predicted molar refractivity (Wildman–Crippen MR) is 53.1 cm³/mol. The second-order valence-electron chi connectivity index (χ2n) is 3.02. The van der Waals surface area contributed by atoms with Crippen molar-refractivity contribution in [1.29, 1.82) is 0 Å². The molecular weight excluding hydrogens is 200 g/mol. The number of esters is 2. The molecule has 5 heteroatoms. The summed E-state index contributed by atoms with van der Waals surface area (Å²) in [6.07, 6.45) is 1.84. The molecule has 0 heterocycles. The number of carbonyl (C=O) groups is 2. The topological polar surface area (TPSA) is 72.8 Å². The summed E-state index contributed by atoms with van der Waals surface area (Å²) in [6, 6.07) is 0. The zero-order valence-electron chi connectivity index (χ0n) is 9.03. The van der Waals surface area contributed by atoms with Gasteiger partial charge in [-0.05, 0) is 6.42 Å². The lowest BCUT2D eigenvalue weighted by Gasteiger charge is -2.04. The molecule has 0 aromatic heterocycles. The Bertz CT molecular complexity index is 190. The number of hydrogen-bond donors (Lipinski definition) is 1. The average Bonchev–Trinajstić information content (AvgIpc) is 2.24. The molecule has 0 amide bonds. The van der Waals surface area contributed by atoms with Crippen LogP contribution in [0.3, 0.4) is 0 Å². The summed E-state index contributed by atoms with van der Waals surface area (Å²) < 4.78 is 9.41. The van der Waals surface area contributed by atoms with E-state index >= 15 is 0 Å². The number of rotatable bonds is 8. The van der Waals surface area contributed by atoms with Crippen molar-refractivity contribution in [1.82, 2.24) is 0 Å². The van der Waals surface area contributed by atoms with E-state index in [9.17, 15) is 9.59 Å². The van der Waals surface area contributed by atoms with Gasteiger partial charge in [0.1, 0.15) is 6.61 Å². The van der Waals surface area contributed by atoms with Crippen LogP contribution in [-0.2, 0) is 19.1 Å². The lowest BCUT2D eigenvalue weighted by atomic mass is 10.3. The molecule has 0 unspecified atom stereocenters. The van der Waals surface area contributed by atoms with E-state index < -0.39 is 5.97 Å². The number of ether oxygens (including phenoxy) is 2. The van der Waals surface area contributed by atoms with Crippen molar-refractivity contribution in [3.8, 4) is 0 Å². The van der Waals surface area contributed by atoms with Crippen LogP contribution in [0, 0.1) is 0 Å². The SMILES string of the molecule is CCCCOC(=O)CCC(=O)OCCO. The highest BCUT2D eigenvalue weighted by molar-refractivity contribution is 5.77. The molecule has 15 heavy (non-hydrogen) atoms. The van der Waals surface area contributed by atoms with Gasteiger partial charge in [-0.25, -0.2) is 0 Å². The van der Waals surface area contributed by atoms with Gasteiger partial charge in [0, 0.05) is 0 Å². The third kappa shape index (κ3) is 9.21. The summed E-state index contributed by atoms with van der Waals surface area (Å²) in [5.74, 6) is -0.874. The molecule has 0 bridgehead atoms. The highest BCUT2D eigenvalue weighted by Gasteiger charge is 2.08. The zero-order valence-corrected chi connectivity index (χ0v) is 9.03. The van der Waals surface area contributed by atoms with Gasteiger partial charge in [-0.3, -0.25) is 9.59 Å². The molecule has 0 spiro atoms. The Labute approximate surface area is 89.4 Å². The summed E-state index contributed by atoms with van der Waals surface area (Å²) >= 11 is 0. The fraction of sp³-hybridized carbons (Fsp3) is 0.800. The van der Waals surface area contributed by atoms with Crippen molar-refractivity contribution < 1.29 is 24.2 Å². The van der Waals surface area contributed by atoms with E-state index in [2.05, 4.69) is 4.74 Å². The quantitative estimate of drug-likeness (QED) is 0.478. The maximum Gasteiger partial charge on any atom is 0.306 e. The van der Waals surface area contributed by atoms with Gasteiger partial charge >= 0.3 is 11.9 Å². The Hall–Kier alpha value is -1.10. The van der Waals surface area contributed by atoms with Crippen LogP contribution in [-0.4, -0.2) is 36.9 Å². The molecule has 0 atom stereocenters. The van der Waals surface area contributed by atoms with Crippen LogP contribution in [0.1, 0.15) is 32.6 Å². The van der Waals surface area contributed by atoms with Crippen LogP contribution in [0.4, 0.5) is 0 Å². The maximum absolute atomic E-state index is 11.0. The number of hydrogen-bond acceptors (Lipinski definition) is 5. The number of carbonyl (C=O) groups excluding carboxylic acids is 2. The van der Waals surface area contributed by atoms with E-state index in [1.54, 1.807) is 0 Å². The van der Waals surface area contributed by atoms with Gasteiger partial charge in [0.25, 0.3) is 0 Å². The third-order valence-corrected chi connectivity index (χ3v) is 1.65. The standard InChI is InChI=1S/C10H18O5/c1-2-3-7-14-9(12)4-5-10(13)15-8-6-11/h11H,2-8H2,1H3. The van der Waals surface area contributed by atoms with Gasteiger partial charge in [-0.2, -0.15) is 0 Å². The Morgan fingerprint density at radius 1 is 1.07 bits per heavy atom. The second kappa shape index (κ2) is 9.45. The number of aliphatic hydroxyl groups excluding tert-OH is 1. The van der Waals surface area contributed by atoms with Crippen LogP contribution in [0.5, 0.6) is 0 Å². The molecule has 0 aliphatic carbocycles. The Morgan fingerprint density at radius 3 is 2.07 bits per heavy atom. The van der Waals surface area contributed by atoms with Gasteiger partial charge in [-0.1, -0.05) is 13.3 Å². The highest BCUT2D eigenvalue weighted by Crippen LogP contribution is 1.97. The number of aliphatic hydroxyl groups is 1. The first-order chi connectivity index (χ1) is 7.20. The van der Waals surface area contributed by atoms with Gasteiger partial charge in [0.2, 0.25) is 0 Å². The molecule has 0 saturated heterocycles. The van der Waals surface area contributed by atoms with Crippen LogP contribution in [0.15, 0.2) is 0 Å². The first-order valence-electron chi connectivity index (χ1n) is 5.12. The minimum atomic E-state index is -0.489. The monoisotopic (exact) mass is 218 g/mol. The first kappa shape index (κ1) is 13.9. The van der Waals surface area contributed by atoms with Crippen molar-refractivity contribution >= 4 is 11.9 Å². The average molecular weight is 218 g/mol. The summed E-state index contributed by atoms with van der Waals surface area (Å²) in [6.45, 7) is 2.18. The lowest BCUT2D eigenvalue weighted by Crippen LogP contribution is -2.12. The summed E-state index contributed by atoms with van der Waals surface area (Å²) in [7, 11) is 0. The minimum Gasteiger partial charge on any atom is -0.466 e. The summed E-state index contributed by atoms with van der Waals surface area (Å²) in [5, 5.41) is 8.37. The van der Waals surface area contributed by atoms with Crippen molar-refractivity contribution in [2.75, 3.05) is 19.8 Å². The third-order valence-electron chi connectivity index (χ3n) is 1.65. The van der Waals surface area contributed by atoms with Crippen molar-refractivity contribution in [2.45, 2.75) is 32.6 Å². The smallest absolute Gasteiger partial charge is 0.306 e. The molecule has 0 saturated carbocycles. The molecule has 0 aromatic carbocycles. The molecule has 0 aliphatic rings. The highest BCUT2D eigenvalue weighted by atomic mass is 16.5. The second-order valence-corrected chi connectivity index (χ2v) is 3.02. The van der Waals surface area contributed by atoms with Gasteiger partial charge in [0.15, 0.2) is 0 Å². The molecule has 0 aliphatic heterocycles. The van der Waals surface area contributed by atoms with Crippen LogP contribution >= 0.6 is 0 Å². The van der Waals surface area contributed by atoms with E-state index in [-0.39, 0.29) is 32.0 Å².